The first-order valence-corrected chi connectivity index (χ1v) is 17.2. The van der Waals surface area contributed by atoms with E-state index in [1.54, 1.807) is 17.9 Å². The molecule has 1 saturated carbocycles. The minimum atomic E-state index is -2.52. The van der Waals surface area contributed by atoms with Crippen molar-refractivity contribution in [3.05, 3.63) is 16.7 Å². The average Bonchev–Trinajstić information content (AvgIpc) is 3.14. The molecule has 1 fully saturated rings. The fourth-order valence-corrected chi connectivity index (χ4v) is 6.79. The number of carbonyl (C=O) groups is 1. The number of nitrogens with one attached hydrogen (secondary N) is 1. The van der Waals surface area contributed by atoms with Crippen LogP contribution in [0.5, 0.6) is 0 Å². The third-order valence-corrected chi connectivity index (χ3v) is 12.5. The van der Waals surface area contributed by atoms with Crippen molar-refractivity contribution in [3.63, 3.8) is 0 Å². The molecular formula is C22H38N5O5PSi. The Labute approximate surface area is 201 Å². The second-order valence-corrected chi connectivity index (χ2v) is 19.6. The van der Waals surface area contributed by atoms with Gasteiger partial charge < -0.3 is 24.0 Å². The van der Waals surface area contributed by atoms with Crippen LogP contribution in [0.1, 0.15) is 47.1 Å². The number of ketones is 1. The summed E-state index contributed by atoms with van der Waals surface area (Å²) >= 11 is 0. The van der Waals surface area contributed by atoms with Crippen molar-refractivity contribution in [2.75, 3.05) is 25.4 Å². The standard InChI is InChI=1S/C22H38N5O5PSi/c1-10-13-16(31-12-33(6,7)30)15(28)17(22(13,5)32-34(8,9)21(2,3)4)27-11-24-14-18(27)25-20(23)26-19(14)29/h11,13,16-17H,10,12H2,1-9H3,(H3,23,25,26,29)/t13-,16-,17-,22-/m1/s1. The summed E-state index contributed by atoms with van der Waals surface area (Å²) in [7, 11) is -4.90. The van der Waals surface area contributed by atoms with Gasteiger partial charge >= 0.3 is 0 Å². The maximum absolute atomic E-state index is 14.0. The Kier molecular flexibility index (Phi) is 6.85. The van der Waals surface area contributed by atoms with Crippen molar-refractivity contribution in [2.24, 2.45) is 5.92 Å². The molecule has 2 aromatic heterocycles. The highest BCUT2D eigenvalue weighted by Crippen LogP contribution is 2.52. The van der Waals surface area contributed by atoms with Crippen LogP contribution in [-0.4, -0.2) is 65.0 Å². The zero-order valence-electron chi connectivity index (χ0n) is 21.6. The molecule has 0 amide bonds. The summed E-state index contributed by atoms with van der Waals surface area (Å²) in [6.07, 6.45) is 1.24. The summed E-state index contributed by atoms with van der Waals surface area (Å²) < 4.78 is 27.1. The summed E-state index contributed by atoms with van der Waals surface area (Å²) in [4.78, 5) is 37.4. The van der Waals surface area contributed by atoms with Crippen molar-refractivity contribution >= 4 is 38.4 Å². The Hall–Kier alpha value is -1.81. The van der Waals surface area contributed by atoms with Crippen LogP contribution in [0.3, 0.4) is 0 Å². The number of hydrogen-bond donors (Lipinski definition) is 2. The van der Waals surface area contributed by atoms with E-state index in [9.17, 15) is 14.2 Å². The number of aromatic nitrogens is 4. The third kappa shape index (κ3) is 4.67. The molecular weight excluding hydrogens is 473 g/mol. The number of nitrogen functional groups attached to an aromatic ring is 1. The number of fused-ring (bicyclic) bond motifs is 1. The first kappa shape index (κ1) is 26.8. The summed E-state index contributed by atoms with van der Waals surface area (Å²) in [5, 5.41) is -0.111. The zero-order chi connectivity index (χ0) is 25.9. The first-order chi connectivity index (χ1) is 15.4. The van der Waals surface area contributed by atoms with Gasteiger partial charge in [-0.1, -0.05) is 27.7 Å². The van der Waals surface area contributed by atoms with Crippen LogP contribution in [0.2, 0.25) is 18.1 Å². The van der Waals surface area contributed by atoms with Crippen LogP contribution in [0.25, 0.3) is 11.2 Å². The normalized spacial score (nSPS) is 26.5. The molecule has 12 heteroatoms. The third-order valence-electron chi connectivity index (χ3n) is 7.21. The lowest BCUT2D eigenvalue weighted by Gasteiger charge is -2.47. The lowest BCUT2D eigenvalue weighted by Crippen LogP contribution is -2.54. The molecule has 0 saturated heterocycles. The van der Waals surface area contributed by atoms with Gasteiger partial charge in [0.2, 0.25) is 5.95 Å². The SMILES string of the molecule is CC[C@@H]1[C@@H](OCP(C)(C)=O)C(=O)[C@@H](n2cnc3c(=O)[nH]c(N)nc32)[C@]1(C)O[Si](C)(C)C(C)(C)C. The van der Waals surface area contributed by atoms with Crippen LogP contribution >= 0.6 is 7.14 Å². The number of anilines is 1. The van der Waals surface area contributed by atoms with Crippen molar-refractivity contribution in [1.82, 2.24) is 19.5 Å². The number of H-pyrrole nitrogens is 1. The number of nitrogens with zero attached hydrogens (tertiary/aromatic N) is 3. The van der Waals surface area contributed by atoms with Crippen molar-refractivity contribution in [2.45, 2.75) is 76.9 Å². The second kappa shape index (κ2) is 8.69. The van der Waals surface area contributed by atoms with E-state index >= 15 is 0 Å². The van der Waals surface area contributed by atoms with E-state index in [4.69, 9.17) is 14.9 Å². The van der Waals surface area contributed by atoms with Gasteiger partial charge in [0.15, 0.2) is 25.3 Å². The first-order valence-electron chi connectivity index (χ1n) is 11.5. The van der Waals surface area contributed by atoms with Gasteiger partial charge in [-0.05, 0) is 44.8 Å². The Morgan fingerprint density at radius 2 is 1.91 bits per heavy atom. The maximum Gasteiger partial charge on any atom is 0.280 e. The lowest BCUT2D eigenvalue weighted by atomic mass is 9.87. The molecule has 4 atom stereocenters. The van der Waals surface area contributed by atoms with Crippen molar-refractivity contribution in [3.8, 4) is 0 Å². The monoisotopic (exact) mass is 511 g/mol. The minimum absolute atomic E-state index is 0.00165. The summed E-state index contributed by atoms with van der Waals surface area (Å²) in [5.74, 6) is -0.571. The average molecular weight is 512 g/mol. The highest BCUT2D eigenvalue weighted by Gasteiger charge is 2.62. The molecule has 3 rings (SSSR count). The van der Waals surface area contributed by atoms with Gasteiger partial charge in [0.1, 0.15) is 25.6 Å². The molecule has 10 nitrogen and oxygen atoms in total. The topological polar surface area (TPSA) is 142 Å². The molecule has 0 aliphatic heterocycles. The van der Waals surface area contributed by atoms with E-state index in [0.29, 0.717) is 6.42 Å². The van der Waals surface area contributed by atoms with E-state index in [2.05, 4.69) is 48.8 Å². The Balaban J connectivity index is 2.22. The maximum atomic E-state index is 14.0. The van der Waals surface area contributed by atoms with Crippen LogP contribution in [-0.2, 0) is 18.5 Å². The number of hydrogen-bond acceptors (Lipinski definition) is 8. The molecule has 0 aromatic carbocycles. The molecule has 0 bridgehead atoms. The van der Waals surface area contributed by atoms with Gasteiger partial charge in [-0.2, -0.15) is 4.98 Å². The zero-order valence-corrected chi connectivity index (χ0v) is 23.5. The quantitative estimate of drug-likeness (QED) is 0.424. The van der Waals surface area contributed by atoms with Gasteiger partial charge in [0.25, 0.3) is 5.56 Å². The van der Waals surface area contributed by atoms with Crippen LogP contribution in [0.4, 0.5) is 5.95 Å². The number of carbonyl (C=O) groups excluding carboxylic acids is 1. The van der Waals surface area contributed by atoms with Crippen LogP contribution < -0.4 is 11.3 Å². The van der Waals surface area contributed by atoms with E-state index in [0.717, 1.165) is 0 Å². The van der Waals surface area contributed by atoms with E-state index in [1.807, 2.05) is 13.8 Å². The van der Waals surface area contributed by atoms with Gasteiger partial charge in [0.05, 0.1) is 11.9 Å². The molecule has 1 aliphatic rings. The number of ether oxygens (including phenoxy) is 1. The van der Waals surface area contributed by atoms with Gasteiger partial charge in [-0.3, -0.25) is 14.6 Å². The Morgan fingerprint density at radius 1 is 1.29 bits per heavy atom. The van der Waals surface area contributed by atoms with Crippen LogP contribution in [0, 0.1) is 5.92 Å². The van der Waals surface area contributed by atoms with E-state index in [-0.39, 0.29) is 40.2 Å². The minimum Gasteiger partial charge on any atom is -0.409 e. The molecule has 190 valence electrons. The van der Waals surface area contributed by atoms with Gasteiger partial charge in [-0.25, -0.2) is 4.98 Å². The highest BCUT2D eigenvalue weighted by atomic mass is 31.2. The molecule has 0 spiro atoms. The van der Waals surface area contributed by atoms with Gasteiger partial charge in [-0.15, -0.1) is 0 Å². The lowest BCUT2D eigenvalue weighted by molar-refractivity contribution is -0.130. The summed E-state index contributed by atoms with van der Waals surface area (Å²) in [6.45, 7) is 17.9. The van der Waals surface area contributed by atoms with E-state index < -0.39 is 38.8 Å². The number of nitrogens with two attached hydrogens (primary N) is 1. The predicted octanol–water partition coefficient (Wildman–Crippen LogP) is 3.60. The fraction of sp³-hybridized carbons (Fsp3) is 0.727. The smallest absolute Gasteiger partial charge is 0.280 e. The number of Topliss-reactive ketones (excluding diaryl/α,β-unsaturated/α-hetero) is 1. The molecule has 0 unspecified atom stereocenters. The van der Waals surface area contributed by atoms with Crippen LogP contribution in [0.15, 0.2) is 11.1 Å². The molecule has 34 heavy (non-hydrogen) atoms. The predicted molar refractivity (Wildman–Crippen MR) is 136 cm³/mol. The second-order valence-electron chi connectivity index (χ2n) is 11.4. The molecule has 3 N–H and O–H groups in total. The Morgan fingerprint density at radius 3 is 2.44 bits per heavy atom. The number of rotatable bonds is 7. The molecule has 0 radical (unpaired) electrons. The van der Waals surface area contributed by atoms with E-state index in [1.165, 1.54) is 6.33 Å². The van der Waals surface area contributed by atoms with Gasteiger partial charge in [0, 0.05) is 5.92 Å². The molecule has 2 aromatic rings. The van der Waals surface area contributed by atoms with Crippen molar-refractivity contribution in [1.29, 1.82) is 0 Å². The number of imidazole rings is 1. The molecule has 2 heterocycles. The Bertz CT molecular complexity index is 1200. The van der Waals surface area contributed by atoms with Crippen molar-refractivity contribution < 1.29 is 18.5 Å². The summed E-state index contributed by atoms with van der Waals surface area (Å²) in [6, 6.07) is -0.844. The highest BCUT2D eigenvalue weighted by molar-refractivity contribution is 7.62. The summed E-state index contributed by atoms with van der Waals surface area (Å²) in [5.41, 5.74) is 4.68. The number of aromatic amines is 1. The fourth-order valence-electron chi connectivity index (χ4n) is 4.60. The largest absolute Gasteiger partial charge is 0.409 e. The molecule has 1 aliphatic carbocycles.